The van der Waals surface area contributed by atoms with Crippen LogP contribution in [-0.4, -0.2) is 63.5 Å². The molecule has 54 heavy (non-hydrogen) atoms. The molecule has 3 N–H and O–H groups in total. The number of nitrogens with zero attached hydrogens (tertiary/aromatic N) is 2. The van der Waals surface area contributed by atoms with Crippen molar-refractivity contribution in [3.8, 4) is 11.5 Å². The fourth-order valence-electron chi connectivity index (χ4n) is 9.14. The van der Waals surface area contributed by atoms with E-state index in [0.717, 1.165) is 16.1 Å². The van der Waals surface area contributed by atoms with Crippen LogP contribution < -0.4 is 10.2 Å². The first-order chi connectivity index (χ1) is 26.1. The number of carbonyl (C=O) groups is 4. The molecule has 6 atom stereocenters. The van der Waals surface area contributed by atoms with Crippen molar-refractivity contribution < 1.29 is 38.5 Å². The van der Waals surface area contributed by atoms with Gasteiger partial charge in [0.25, 0.3) is 11.8 Å². The Labute approximate surface area is 315 Å². The number of aromatic hydroxyl groups is 1. The van der Waals surface area contributed by atoms with Crippen LogP contribution in [0.3, 0.4) is 0 Å². The number of hydrazine groups is 1. The Morgan fingerprint density at radius 1 is 0.852 bits per heavy atom. The number of likely N-dealkylation sites (tertiary alicyclic amines) is 1. The number of allylic oxidation sites excluding steroid dienone is 2. The van der Waals surface area contributed by atoms with E-state index in [1.165, 1.54) is 29.2 Å². The summed E-state index contributed by atoms with van der Waals surface area (Å²) in [5.41, 5.74) is 4.72. The second-order valence-electron chi connectivity index (χ2n) is 14.3. The maximum atomic E-state index is 15.2. The molecule has 3 fully saturated rings. The number of anilines is 1. The number of ether oxygens (including phenoxy) is 1. The Balaban J connectivity index is 1.24. The first-order valence-electron chi connectivity index (χ1n) is 17.9. The summed E-state index contributed by atoms with van der Waals surface area (Å²) in [5, 5.41) is 20.5. The zero-order valence-electron chi connectivity index (χ0n) is 29.0. The van der Waals surface area contributed by atoms with E-state index in [9.17, 15) is 29.0 Å². The number of amides is 4. The van der Waals surface area contributed by atoms with Crippen LogP contribution in [0, 0.1) is 29.5 Å². The molecule has 0 aromatic heterocycles. The van der Waals surface area contributed by atoms with Gasteiger partial charge in [-0.15, -0.1) is 0 Å². The number of hydrogen-bond acceptors (Lipinski definition) is 8. The largest absolute Gasteiger partial charge is 0.508 e. The first-order valence-corrected chi connectivity index (χ1v) is 18.3. The van der Waals surface area contributed by atoms with Crippen LogP contribution in [0.15, 0.2) is 109 Å². The van der Waals surface area contributed by atoms with Gasteiger partial charge in [-0.05, 0) is 103 Å². The highest BCUT2D eigenvalue weighted by Crippen LogP contribution is 2.64. The molecule has 8 rings (SSSR count). The molecular weight excluding hydrogens is 713 g/mol. The van der Waals surface area contributed by atoms with Crippen LogP contribution in [0.1, 0.15) is 35.4 Å². The van der Waals surface area contributed by atoms with Crippen molar-refractivity contribution in [1.82, 2.24) is 9.91 Å². The van der Waals surface area contributed by atoms with E-state index < -0.39 is 52.6 Å². The normalized spacial score (nSPS) is 26.0. The van der Waals surface area contributed by atoms with Gasteiger partial charge in [0.2, 0.25) is 11.8 Å². The average molecular weight is 750 g/mol. The molecular formula is C42H37ClFN3O7. The number of phenolic OH excluding ortho intramolecular Hbond substituents is 1. The van der Waals surface area contributed by atoms with E-state index in [1.54, 1.807) is 60.7 Å². The smallest absolute Gasteiger partial charge is 0.260 e. The van der Waals surface area contributed by atoms with Crippen molar-refractivity contribution in [2.75, 3.05) is 25.2 Å². The van der Waals surface area contributed by atoms with Gasteiger partial charge in [0.15, 0.2) is 0 Å². The molecule has 276 valence electrons. The zero-order chi connectivity index (χ0) is 37.7. The summed E-state index contributed by atoms with van der Waals surface area (Å²) >= 11 is 6.37. The number of aliphatic hydroxyl groups excluding tert-OH is 1. The Morgan fingerprint density at radius 2 is 1.56 bits per heavy atom. The number of benzene rings is 4. The highest BCUT2D eigenvalue weighted by Gasteiger charge is 2.70. The van der Waals surface area contributed by atoms with Gasteiger partial charge >= 0.3 is 0 Å². The van der Waals surface area contributed by atoms with E-state index in [2.05, 4.69) is 5.43 Å². The third-order valence-electron chi connectivity index (χ3n) is 11.5. The number of aliphatic hydroxyl groups is 1. The molecule has 2 aliphatic heterocycles. The lowest BCUT2D eigenvalue weighted by atomic mass is 9.49. The third-order valence-corrected chi connectivity index (χ3v) is 11.7. The van der Waals surface area contributed by atoms with Crippen molar-refractivity contribution >= 4 is 40.9 Å². The van der Waals surface area contributed by atoms with Crippen LogP contribution in [0.5, 0.6) is 11.5 Å². The van der Waals surface area contributed by atoms with E-state index in [4.69, 9.17) is 16.3 Å². The number of imide groups is 2. The van der Waals surface area contributed by atoms with Gasteiger partial charge in [-0.25, -0.2) is 4.39 Å². The lowest BCUT2D eigenvalue weighted by molar-refractivity contribution is -0.141. The lowest BCUT2D eigenvalue weighted by Crippen LogP contribution is -2.53. The molecule has 10 nitrogen and oxygen atoms in total. The number of fused-ring (bicyclic) bond motifs is 4. The molecule has 4 aromatic carbocycles. The highest BCUT2D eigenvalue weighted by atomic mass is 35.5. The van der Waals surface area contributed by atoms with Crippen molar-refractivity contribution in [1.29, 1.82) is 0 Å². The molecule has 1 saturated carbocycles. The van der Waals surface area contributed by atoms with Gasteiger partial charge in [-0.3, -0.25) is 29.5 Å². The van der Waals surface area contributed by atoms with E-state index in [1.807, 2.05) is 18.2 Å². The monoisotopic (exact) mass is 749 g/mol. The van der Waals surface area contributed by atoms with Gasteiger partial charge in [0.1, 0.15) is 23.9 Å². The minimum Gasteiger partial charge on any atom is -0.508 e. The summed E-state index contributed by atoms with van der Waals surface area (Å²) < 4.78 is 19.5. The SMILES string of the molecule is O=C1C2CC=C3C(CC4C(=O)N(Nc5ccc(F)cc5)C(=O)C4(c4ccc(Cl)cc4)C3c3ccc(OCCO)cc3)C2C(=O)N1CCc1ccc(O)cc1. The Morgan fingerprint density at radius 3 is 2.24 bits per heavy atom. The second-order valence-corrected chi connectivity index (χ2v) is 14.7. The van der Waals surface area contributed by atoms with Crippen LogP contribution in [0.2, 0.25) is 5.02 Å². The van der Waals surface area contributed by atoms with E-state index in [-0.39, 0.29) is 50.2 Å². The fourth-order valence-corrected chi connectivity index (χ4v) is 9.27. The molecule has 4 aliphatic rings. The summed E-state index contributed by atoms with van der Waals surface area (Å²) in [7, 11) is 0. The van der Waals surface area contributed by atoms with Crippen molar-refractivity contribution in [3.63, 3.8) is 0 Å². The van der Waals surface area contributed by atoms with Crippen LogP contribution in [0.4, 0.5) is 10.1 Å². The fraction of sp³-hybridized carbons (Fsp3) is 0.286. The summed E-state index contributed by atoms with van der Waals surface area (Å²) in [6.07, 6.45) is 2.81. The van der Waals surface area contributed by atoms with Crippen molar-refractivity contribution in [3.05, 3.63) is 136 Å². The van der Waals surface area contributed by atoms with Crippen LogP contribution in [0.25, 0.3) is 0 Å². The minimum atomic E-state index is -1.50. The predicted molar refractivity (Wildman–Crippen MR) is 197 cm³/mol. The number of carbonyl (C=O) groups excluding carboxylic acids is 4. The molecule has 6 unspecified atom stereocenters. The molecule has 0 bridgehead atoms. The lowest BCUT2D eigenvalue weighted by Gasteiger charge is -2.50. The summed E-state index contributed by atoms with van der Waals surface area (Å²) in [5.74, 6) is -5.05. The predicted octanol–water partition coefficient (Wildman–Crippen LogP) is 5.78. The maximum absolute atomic E-state index is 15.2. The summed E-state index contributed by atoms with van der Waals surface area (Å²) in [6.45, 7) is 0.0858. The molecule has 12 heteroatoms. The first kappa shape index (κ1) is 35.5. The van der Waals surface area contributed by atoms with Crippen molar-refractivity contribution in [2.24, 2.45) is 23.7 Å². The van der Waals surface area contributed by atoms with Crippen LogP contribution in [-0.2, 0) is 31.0 Å². The summed E-state index contributed by atoms with van der Waals surface area (Å²) in [4.78, 5) is 59.7. The number of halogens is 2. The van der Waals surface area contributed by atoms with Gasteiger partial charge in [-0.2, -0.15) is 5.01 Å². The quantitative estimate of drug-likeness (QED) is 0.137. The number of nitrogens with one attached hydrogen (secondary N) is 1. The molecule has 2 saturated heterocycles. The van der Waals surface area contributed by atoms with Gasteiger partial charge in [0, 0.05) is 17.5 Å². The molecule has 2 heterocycles. The summed E-state index contributed by atoms with van der Waals surface area (Å²) in [6, 6.07) is 26.0. The number of hydrogen-bond donors (Lipinski definition) is 3. The van der Waals surface area contributed by atoms with Gasteiger partial charge in [-0.1, -0.05) is 59.6 Å². The molecule has 0 radical (unpaired) electrons. The third kappa shape index (κ3) is 5.82. The van der Waals surface area contributed by atoms with Gasteiger partial charge < -0.3 is 14.9 Å². The number of rotatable bonds is 10. The molecule has 4 aromatic rings. The topological polar surface area (TPSA) is 136 Å². The average Bonchev–Trinajstić information content (AvgIpc) is 3.55. The Hall–Kier alpha value is -5.52. The zero-order valence-corrected chi connectivity index (χ0v) is 29.8. The van der Waals surface area contributed by atoms with E-state index in [0.29, 0.717) is 34.0 Å². The van der Waals surface area contributed by atoms with Crippen LogP contribution >= 0.6 is 11.6 Å². The van der Waals surface area contributed by atoms with Crippen molar-refractivity contribution in [2.45, 2.75) is 30.6 Å². The Kier molecular flexibility index (Phi) is 9.23. The Bertz CT molecular complexity index is 2140. The maximum Gasteiger partial charge on any atom is 0.260 e. The minimum absolute atomic E-state index is 0.0895. The highest BCUT2D eigenvalue weighted by molar-refractivity contribution is 6.30. The molecule has 2 aliphatic carbocycles. The number of phenols is 1. The standard InChI is InChI=1S/C42H37ClFN3O7/c43-27-7-5-26(6-8-27)42-35(39(51)47(41(42)53)45-29-11-9-28(44)10-12-29)23-34-32(37(42)25-3-15-31(16-4-25)54-22-21-48)17-18-33-36(34)40(52)46(38(33)50)20-19-24-1-13-30(49)14-2-24/h1-17,33-37,45,48-49H,18-23H2. The second kappa shape index (κ2) is 14.0. The molecule has 0 spiro atoms. The molecule has 4 amide bonds. The van der Waals surface area contributed by atoms with E-state index >= 15 is 4.79 Å². The van der Waals surface area contributed by atoms with Gasteiger partial charge in [0.05, 0.1) is 35.5 Å².